The van der Waals surface area contributed by atoms with E-state index in [9.17, 15) is 14.7 Å². The maximum atomic E-state index is 12.2. The maximum Gasteiger partial charge on any atom is 0.306 e. The van der Waals surface area contributed by atoms with Crippen LogP contribution in [0, 0.1) is 0 Å². The zero-order chi connectivity index (χ0) is 35.0. The molecular weight excluding hydrogens is 596 g/mol. The van der Waals surface area contributed by atoms with E-state index in [4.69, 9.17) is 9.47 Å². The molecule has 48 heavy (non-hydrogen) atoms. The lowest BCUT2D eigenvalue weighted by molar-refractivity contribution is -0.161. The summed E-state index contributed by atoms with van der Waals surface area (Å²) in [5.74, 6) is -0.588. The van der Waals surface area contributed by atoms with Crippen LogP contribution in [0.1, 0.15) is 232 Å². The molecule has 0 saturated heterocycles. The van der Waals surface area contributed by atoms with Gasteiger partial charge in [-0.2, -0.15) is 0 Å². The van der Waals surface area contributed by atoms with Gasteiger partial charge in [-0.1, -0.05) is 193 Å². The van der Waals surface area contributed by atoms with Gasteiger partial charge >= 0.3 is 11.9 Å². The number of aliphatic hydroxyl groups excluding tert-OH is 1. The summed E-state index contributed by atoms with van der Waals surface area (Å²) in [4.78, 5) is 24.3. The molecule has 0 saturated carbocycles. The van der Waals surface area contributed by atoms with Crippen LogP contribution in [0.2, 0.25) is 0 Å². The van der Waals surface area contributed by atoms with E-state index in [-0.39, 0.29) is 25.2 Å². The minimum atomic E-state index is -0.768. The normalized spacial score (nSPS) is 12.1. The van der Waals surface area contributed by atoms with Gasteiger partial charge in [0.2, 0.25) is 0 Å². The summed E-state index contributed by atoms with van der Waals surface area (Å²) in [6.45, 7) is 4.15. The lowest BCUT2D eigenvalue weighted by Crippen LogP contribution is -2.28. The first-order valence-electron chi connectivity index (χ1n) is 21.2. The van der Waals surface area contributed by atoms with Gasteiger partial charge < -0.3 is 14.6 Å². The van der Waals surface area contributed by atoms with Gasteiger partial charge in [0.05, 0.1) is 6.61 Å². The summed E-state index contributed by atoms with van der Waals surface area (Å²) in [7, 11) is 0. The maximum absolute atomic E-state index is 12.2. The quantitative estimate of drug-likeness (QED) is 0.0398. The van der Waals surface area contributed by atoms with E-state index in [1.54, 1.807) is 0 Å². The molecule has 284 valence electrons. The van der Waals surface area contributed by atoms with Gasteiger partial charge in [0, 0.05) is 12.8 Å². The summed E-state index contributed by atoms with van der Waals surface area (Å²) < 4.78 is 10.6. The molecule has 0 aromatic heterocycles. The third-order valence-corrected chi connectivity index (χ3v) is 9.56. The molecule has 1 atom stereocenters. The number of hydrogen-bond donors (Lipinski definition) is 1. The lowest BCUT2D eigenvalue weighted by Gasteiger charge is -2.15. The van der Waals surface area contributed by atoms with E-state index in [0.29, 0.717) is 12.8 Å². The van der Waals surface area contributed by atoms with Gasteiger partial charge in [0.1, 0.15) is 6.61 Å². The molecule has 5 nitrogen and oxygen atoms in total. The highest BCUT2D eigenvalue weighted by molar-refractivity contribution is 5.70. The SMILES string of the molecule is CCCCCCCC/C=C\CCCCCCCC(=O)OC[C@H](CO)OC(=O)CCCCCCCCCCCCCCCCCCCCC. The zero-order valence-electron chi connectivity index (χ0n) is 32.3. The van der Waals surface area contributed by atoms with Gasteiger partial charge in [-0.3, -0.25) is 9.59 Å². The van der Waals surface area contributed by atoms with Gasteiger partial charge in [-0.05, 0) is 38.5 Å². The second-order valence-electron chi connectivity index (χ2n) is 14.4. The fourth-order valence-corrected chi connectivity index (χ4v) is 6.31. The Bertz CT molecular complexity index is 691. The first-order valence-corrected chi connectivity index (χ1v) is 21.2. The van der Waals surface area contributed by atoms with Crippen molar-refractivity contribution in [1.82, 2.24) is 0 Å². The Morgan fingerprint density at radius 1 is 0.458 bits per heavy atom. The summed E-state index contributed by atoms with van der Waals surface area (Å²) in [5.41, 5.74) is 0. The van der Waals surface area contributed by atoms with Crippen molar-refractivity contribution in [2.75, 3.05) is 13.2 Å². The lowest BCUT2D eigenvalue weighted by atomic mass is 10.0. The Morgan fingerprint density at radius 2 is 0.771 bits per heavy atom. The van der Waals surface area contributed by atoms with E-state index in [1.807, 2.05) is 0 Å². The number of ether oxygens (including phenoxy) is 2. The first-order chi connectivity index (χ1) is 23.6. The topological polar surface area (TPSA) is 72.8 Å². The van der Waals surface area contributed by atoms with E-state index in [1.165, 1.54) is 161 Å². The summed E-state index contributed by atoms with van der Waals surface area (Å²) in [5, 5.41) is 9.57. The molecule has 0 aliphatic carbocycles. The van der Waals surface area contributed by atoms with Crippen LogP contribution in [0.15, 0.2) is 12.2 Å². The van der Waals surface area contributed by atoms with Crippen LogP contribution >= 0.6 is 0 Å². The fourth-order valence-electron chi connectivity index (χ4n) is 6.31. The highest BCUT2D eigenvalue weighted by Gasteiger charge is 2.16. The van der Waals surface area contributed by atoms with Crippen LogP contribution in [0.5, 0.6) is 0 Å². The molecule has 0 spiro atoms. The van der Waals surface area contributed by atoms with E-state index in [2.05, 4.69) is 26.0 Å². The van der Waals surface area contributed by atoms with E-state index < -0.39 is 6.10 Å². The van der Waals surface area contributed by atoms with Crippen molar-refractivity contribution >= 4 is 11.9 Å². The van der Waals surface area contributed by atoms with Crippen LogP contribution < -0.4 is 0 Å². The number of carbonyl (C=O) groups is 2. The molecule has 0 fully saturated rings. The van der Waals surface area contributed by atoms with Crippen molar-refractivity contribution in [3.63, 3.8) is 0 Å². The van der Waals surface area contributed by atoms with Crippen molar-refractivity contribution < 1.29 is 24.2 Å². The Balaban J connectivity index is 3.50. The average molecular weight is 679 g/mol. The van der Waals surface area contributed by atoms with Crippen LogP contribution in [-0.4, -0.2) is 36.4 Å². The van der Waals surface area contributed by atoms with Crippen LogP contribution in [-0.2, 0) is 19.1 Å². The predicted molar refractivity (Wildman–Crippen MR) is 205 cm³/mol. The Morgan fingerprint density at radius 3 is 1.12 bits per heavy atom. The second kappa shape index (κ2) is 40.1. The third kappa shape index (κ3) is 37.5. The van der Waals surface area contributed by atoms with E-state index in [0.717, 1.165) is 44.9 Å². The highest BCUT2D eigenvalue weighted by Crippen LogP contribution is 2.15. The minimum Gasteiger partial charge on any atom is -0.462 e. The minimum absolute atomic E-state index is 0.0641. The highest BCUT2D eigenvalue weighted by atomic mass is 16.6. The summed E-state index contributed by atoms with van der Waals surface area (Å²) >= 11 is 0. The fraction of sp³-hybridized carbons (Fsp3) is 0.907. The van der Waals surface area contributed by atoms with Crippen molar-refractivity contribution in [3.8, 4) is 0 Å². The molecule has 0 amide bonds. The van der Waals surface area contributed by atoms with Crippen molar-refractivity contribution in [3.05, 3.63) is 12.2 Å². The third-order valence-electron chi connectivity index (χ3n) is 9.56. The van der Waals surface area contributed by atoms with Crippen LogP contribution in [0.4, 0.5) is 0 Å². The van der Waals surface area contributed by atoms with Crippen molar-refractivity contribution in [2.45, 2.75) is 238 Å². The first kappa shape index (κ1) is 46.6. The standard InChI is InChI=1S/C43H82O5/c1-3-5-7-9-11-13-15-17-19-20-21-22-24-26-28-30-32-34-36-38-43(46)48-41(39-44)40-47-42(45)37-35-33-31-29-27-25-23-18-16-14-12-10-8-6-4-2/h18,23,41,44H,3-17,19-22,24-40H2,1-2H3/b23-18-/t41-/m0/s1. The molecule has 0 aliphatic rings. The molecule has 0 bridgehead atoms. The zero-order valence-corrected chi connectivity index (χ0v) is 32.3. The average Bonchev–Trinajstić information content (AvgIpc) is 3.09. The number of rotatable bonds is 39. The molecule has 0 radical (unpaired) electrons. The molecule has 0 rings (SSSR count). The number of hydrogen-bond acceptors (Lipinski definition) is 5. The monoisotopic (exact) mass is 679 g/mol. The molecule has 0 unspecified atom stereocenters. The van der Waals surface area contributed by atoms with Gasteiger partial charge in [0.15, 0.2) is 6.10 Å². The second-order valence-corrected chi connectivity index (χ2v) is 14.4. The molecule has 0 aliphatic heterocycles. The Hall–Kier alpha value is -1.36. The summed E-state index contributed by atoms with van der Waals surface area (Å²) in [6.07, 6.45) is 45.6. The van der Waals surface area contributed by atoms with Gasteiger partial charge in [-0.25, -0.2) is 0 Å². The number of allylic oxidation sites excluding steroid dienone is 2. The van der Waals surface area contributed by atoms with Crippen LogP contribution in [0.25, 0.3) is 0 Å². The number of unbranched alkanes of at least 4 members (excludes halogenated alkanes) is 29. The van der Waals surface area contributed by atoms with Crippen molar-refractivity contribution in [2.24, 2.45) is 0 Å². The predicted octanol–water partition coefficient (Wildman–Crippen LogP) is 13.3. The van der Waals surface area contributed by atoms with Crippen LogP contribution in [0.3, 0.4) is 0 Å². The number of esters is 2. The molecule has 0 heterocycles. The largest absolute Gasteiger partial charge is 0.462 e. The van der Waals surface area contributed by atoms with Gasteiger partial charge in [0.25, 0.3) is 0 Å². The van der Waals surface area contributed by atoms with E-state index >= 15 is 0 Å². The molecule has 0 aromatic carbocycles. The molecule has 5 heteroatoms. The van der Waals surface area contributed by atoms with Crippen molar-refractivity contribution in [1.29, 1.82) is 0 Å². The molecule has 0 aromatic rings. The Labute approximate surface area is 299 Å². The molecule has 1 N–H and O–H groups in total. The number of aliphatic hydroxyl groups is 1. The number of carbonyl (C=O) groups excluding carboxylic acids is 2. The van der Waals surface area contributed by atoms with Gasteiger partial charge in [-0.15, -0.1) is 0 Å². The summed E-state index contributed by atoms with van der Waals surface area (Å²) in [6, 6.07) is 0. The Kier molecular flexibility index (Phi) is 38.9. The smallest absolute Gasteiger partial charge is 0.306 e. The molecular formula is C43H82O5.